The highest BCUT2D eigenvalue weighted by atomic mass is 35.5. The summed E-state index contributed by atoms with van der Waals surface area (Å²) < 4.78 is 26.4. The van der Waals surface area contributed by atoms with Crippen LogP contribution in [0, 0.1) is 5.41 Å². The number of nitrogens with one attached hydrogen (secondary N) is 1. The molecule has 0 aromatic carbocycles. The minimum absolute atomic E-state index is 0. The molecule has 1 aliphatic rings. The van der Waals surface area contributed by atoms with E-state index in [1.807, 2.05) is 0 Å². The molecule has 1 fully saturated rings. The van der Waals surface area contributed by atoms with Crippen molar-refractivity contribution < 1.29 is 13.2 Å². The summed E-state index contributed by atoms with van der Waals surface area (Å²) in [6.07, 6.45) is 3.80. The van der Waals surface area contributed by atoms with Crippen LogP contribution in [-0.4, -0.2) is 50.4 Å². The average Bonchev–Trinajstić information content (AvgIpc) is 2.91. The van der Waals surface area contributed by atoms with Crippen molar-refractivity contribution in [3.05, 3.63) is 24.5 Å². The fourth-order valence-electron chi connectivity index (χ4n) is 2.44. The number of amides is 1. The number of nitrogens with zero attached hydrogens (tertiary/aromatic N) is 2. The normalized spacial score (nSPS) is 20.2. The molecule has 0 radical (unpaired) electrons. The highest BCUT2D eigenvalue weighted by molar-refractivity contribution is 7.89. The predicted molar refractivity (Wildman–Crippen MR) is 96.9 cm³/mol. The molecule has 2 heterocycles. The zero-order valence-corrected chi connectivity index (χ0v) is 15.9. The van der Waals surface area contributed by atoms with Crippen molar-refractivity contribution in [1.82, 2.24) is 14.6 Å². The van der Waals surface area contributed by atoms with E-state index < -0.39 is 10.0 Å². The maximum absolute atomic E-state index is 12.1. The smallest absolute Gasteiger partial charge is 0.242 e. The minimum Gasteiger partial charge on any atom is -0.342 e. The van der Waals surface area contributed by atoms with E-state index in [1.165, 1.54) is 18.5 Å². The third-order valence-electron chi connectivity index (χ3n) is 3.98. The first-order chi connectivity index (χ1) is 10.4. The van der Waals surface area contributed by atoms with Crippen molar-refractivity contribution in [2.45, 2.75) is 24.7 Å². The van der Waals surface area contributed by atoms with Gasteiger partial charge in [0, 0.05) is 38.4 Å². The van der Waals surface area contributed by atoms with Gasteiger partial charge in [0.1, 0.15) is 4.90 Å². The van der Waals surface area contributed by atoms with Crippen molar-refractivity contribution in [1.29, 1.82) is 0 Å². The zero-order valence-electron chi connectivity index (χ0n) is 13.5. The maximum Gasteiger partial charge on any atom is 0.242 e. The van der Waals surface area contributed by atoms with Gasteiger partial charge in [-0.05, 0) is 30.5 Å². The Hall–Kier alpha value is -0.930. The first-order valence-corrected chi connectivity index (χ1v) is 8.72. The van der Waals surface area contributed by atoms with Gasteiger partial charge in [-0.15, -0.1) is 24.8 Å². The summed E-state index contributed by atoms with van der Waals surface area (Å²) in [5.41, 5.74) is 5.69. The predicted octanol–water partition coefficient (Wildman–Crippen LogP) is 0.791. The fraction of sp³-hybridized carbons (Fsp3) is 0.571. The van der Waals surface area contributed by atoms with Gasteiger partial charge in [0.15, 0.2) is 0 Å². The molecule has 138 valence electrons. The maximum atomic E-state index is 12.1. The Morgan fingerprint density at radius 2 is 2.17 bits per heavy atom. The van der Waals surface area contributed by atoms with Crippen LogP contribution in [0.25, 0.3) is 0 Å². The number of carbonyl (C=O) groups is 1. The lowest BCUT2D eigenvalue weighted by molar-refractivity contribution is -0.130. The van der Waals surface area contributed by atoms with E-state index in [1.54, 1.807) is 11.0 Å². The molecule has 1 saturated heterocycles. The second-order valence-electron chi connectivity index (χ2n) is 5.92. The van der Waals surface area contributed by atoms with Crippen molar-refractivity contribution in [3.8, 4) is 0 Å². The molecule has 0 aliphatic carbocycles. The van der Waals surface area contributed by atoms with Crippen LogP contribution in [0.1, 0.15) is 19.8 Å². The topological polar surface area (TPSA) is 105 Å². The SMILES string of the molecule is CC1(CN)CCN(C(=O)CCNS(=O)(=O)c2cccnc2)C1.Cl.Cl. The molecule has 0 bridgehead atoms. The van der Waals surface area contributed by atoms with E-state index in [0.717, 1.165) is 6.42 Å². The van der Waals surface area contributed by atoms with Gasteiger partial charge in [-0.2, -0.15) is 0 Å². The Balaban J connectivity index is 0.00000264. The summed E-state index contributed by atoms with van der Waals surface area (Å²) in [6, 6.07) is 3.02. The number of hydrogen-bond acceptors (Lipinski definition) is 5. The minimum atomic E-state index is -3.61. The molecule has 0 spiro atoms. The second kappa shape index (κ2) is 9.53. The van der Waals surface area contributed by atoms with Crippen LogP contribution in [0.4, 0.5) is 0 Å². The summed E-state index contributed by atoms with van der Waals surface area (Å²) in [4.78, 5) is 17.7. The van der Waals surface area contributed by atoms with Gasteiger partial charge in [-0.3, -0.25) is 9.78 Å². The summed E-state index contributed by atoms with van der Waals surface area (Å²) in [5, 5.41) is 0. The number of rotatable bonds is 6. The van der Waals surface area contributed by atoms with E-state index in [9.17, 15) is 13.2 Å². The molecule has 1 aromatic rings. The van der Waals surface area contributed by atoms with Crippen LogP contribution >= 0.6 is 24.8 Å². The molecule has 7 nitrogen and oxygen atoms in total. The zero-order chi connectivity index (χ0) is 16.2. The number of halogens is 2. The monoisotopic (exact) mass is 398 g/mol. The quantitative estimate of drug-likeness (QED) is 0.736. The average molecular weight is 399 g/mol. The molecule has 2 rings (SSSR count). The molecule has 24 heavy (non-hydrogen) atoms. The lowest BCUT2D eigenvalue weighted by atomic mass is 9.90. The Bertz CT molecular complexity index is 630. The van der Waals surface area contributed by atoms with E-state index >= 15 is 0 Å². The van der Waals surface area contributed by atoms with Crippen molar-refractivity contribution in [3.63, 3.8) is 0 Å². The lowest BCUT2D eigenvalue weighted by Crippen LogP contribution is -2.36. The third kappa shape index (κ3) is 5.86. The standard InChI is InChI=1S/C14H22N4O3S.2ClH/c1-14(10-15)5-8-18(11-14)13(19)4-7-17-22(20,21)12-3-2-6-16-9-12;;/h2-3,6,9,17H,4-5,7-8,10-11,15H2,1H3;2*1H. The highest BCUT2D eigenvalue weighted by Gasteiger charge is 2.34. The summed E-state index contributed by atoms with van der Waals surface area (Å²) >= 11 is 0. The first-order valence-electron chi connectivity index (χ1n) is 7.24. The van der Waals surface area contributed by atoms with Gasteiger partial charge in [0.05, 0.1) is 0 Å². The van der Waals surface area contributed by atoms with Crippen LogP contribution in [0.15, 0.2) is 29.4 Å². The molecular formula is C14H24Cl2N4O3S. The number of aromatic nitrogens is 1. The molecule has 10 heteroatoms. The first kappa shape index (κ1) is 23.1. The molecule has 1 aliphatic heterocycles. The Morgan fingerprint density at radius 3 is 2.71 bits per heavy atom. The second-order valence-corrected chi connectivity index (χ2v) is 7.68. The molecule has 1 aromatic heterocycles. The largest absolute Gasteiger partial charge is 0.342 e. The van der Waals surface area contributed by atoms with Crippen LogP contribution < -0.4 is 10.5 Å². The van der Waals surface area contributed by atoms with Crippen LogP contribution in [0.2, 0.25) is 0 Å². The summed E-state index contributed by atoms with van der Waals surface area (Å²) in [7, 11) is -3.61. The van der Waals surface area contributed by atoms with Gasteiger partial charge in [0.2, 0.25) is 15.9 Å². The number of likely N-dealkylation sites (tertiary alicyclic amines) is 1. The van der Waals surface area contributed by atoms with Gasteiger partial charge in [0.25, 0.3) is 0 Å². The van der Waals surface area contributed by atoms with E-state index in [0.29, 0.717) is 19.6 Å². The van der Waals surface area contributed by atoms with Gasteiger partial charge < -0.3 is 10.6 Å². The number of sulfonamides is 1. The molecule has 1 atom stereocenters. The van der Waals surface area contributed by atoms with Gasteiger partial charge in [-0.1, -0.05) is 6.92 Å². The third-order valence-corrected chi connectivity index (χ3v) is 5.43. The number of hydrogen-bond donors (Lipinski definition) is 2. The van der Waals surface area contributed by atoms with E-state index in [2.05, 4.69) is 16.6 Å². The molecule has 0 saturated carbocycles. The number of pyridine rings is 1. The van der Waals surface area contributed by atoms with Gasteiger partial charge in [-0.25, -0.2) is 13.1 Å². The number of nitrogens with two attached hydrogens (primary N) is 1. The highest BCUT2D eigenvalue weighted by Crippen LogP contribution is 2.28. The van der Waals surface area contributed by atoms with E-state index in [-0.39, 0.29) is 54.0 Å². The molecular weight excluding hydrogens is 375 g/mol. The lowest BCUT2D eigenvalue weighted by Gasteiger charge is -2.22. The Morgan fingerprint density at radius 1 is 1.46 bits per heavy atom. The van der Waals surface area contributed by atoms with Crippen molar-refractivity contribution in [2.75, 3.05) is 26.2 Å². The van der Waals surface area contributed by atoms with Crippen LogP contribution in [-0.2, 0) is 14.8 Å². The van der Waals surface area contributed by atoms with Crippen LogP contribution in [0.3, 0.4) is 0 Å². The summed E-state index contributed by atoms with van der Waals surface area (Å²) in [6.45, 7) is 4.00. The number of carbonyl (C=O) groups excluding carboxylic acids is 1. The molecule has 1 unspecified atom stereocenters. The Labute approximate surface area is 155 Å². The summed E-state index contributed by atoms with van der Waals surface area (Å²) in [5.74, 6) is -0.0499. The van der Waals surface area contributed by atoms with Crippen molar-refractivity contribution in [2.24, 2.45) is 11.1 Å². The molecule has 3 N–H and O–H groups in total. The van der Waals surface area contributed by atoms with Crippen LogP contribution in [0.5, 0.6) is 0 Å². The van der Waals surface area contributed by atoms with Crippen molar-refractivity contribution >= 4 is 40.7 Å². The van der Waals surface area contributed by atoms with Gasteiger partial charge >= 0.3 is 0 Å². The van der Waals surface area contributed by atoms with E-state index in [4.69, 9.17) is 5.73 Å². The Kier molecular flexibility index (Phi) is 9.16. The fourth-order valence-corrected chi connectivity index (χ4v) is 3.44. The molecule has 1 amide bonds.